The third-order valence-electron chi connectivity index (χ3n) is 8.61. The summed E-state index contributed by atoms with van der Waals surface area (Å²) in [6.45, 7) is 10.3. The lowest BCUT2D eigenvalue weighted by molar-refractivity contribution is -0.151. The number of sulfonamides is 1. The molecule has 4 rings (SSSR count). The van der Waals surface area contributed by atoms with Crippen LogP contribution in [-0.4, -0.2) is 52.5 Å². The SMILES string of the molecule is CCC(CC)OC(=O)[C@H](CCc1ccc(-n2c(=O)c(C)cn(C)c2=O)nc1)NC(=O)c1cc(F)c(NS(=O)(=O)c2ccc(NC(=O)C(C)(C)C)cc2)cc1F. The van der Waals surface area contributed by atoms with E-state index in [0.29, 0.717) is 41.8 Å². The molecule has 14 nitrogen and oxygen atoms in total. The van der Waals surface area contributed by atoms with Gasteiger partial charge in [0.05, 0.1) is 16.1 Å². The number of aryl methyl sites for hydroxylation is 3. The van der Waals surface area contributed by atoms with Gasteiger partial charge >= 0.3 is 11.7 Å². The largest absolute Gasteiger partial charge is 0.461 e. The normalized spacial score (nSPS) is 12.3. The van der Waals surface area contributed by atoms with Crippen molar-refractivity contribution in [2.24, 2.45) is 12.5 Å². The number of rotatable bonds is 14. The molecule has 0 aliphatic rings. The van der Waals surface area contributed by atoms with Gasteiger partial charge in [-0.15, -0.1) is 0 Å². The molecule has 294 valence electrons. The van der Waals surface area contributed by atoms with Crippen molar-refractivity contribution < 1.29 is 36.3 Å². The van der Waals surface area contributed by atoms with Crippen LogP contribution in [0.3, 0.4) is 0 Å². The molecular weight excluding hydrogens is 739 g/mol. The summed E-state index contributed by atoms with van der Waals surface area (Å²) in [6.07, 6.45) is 3.41. The Labute approximate surface area is 317 Å². The zero-order valence-electron chi connectivity index (χ0n) is 31.5. The smallest absolute Gasteiger partial charge is 0.336 e. The van der Waals surface area contributed by atoms with Crippen molar-refractivity contribution in [1.29, 1.82) is 0 Å². The molecule has 2 aromatic carbocycles. The first-order valence-corrected chi connectivity index (χ1v) is 18.9. The molecule has 4 aromatic rings. The molecular formula is C38H44F2N6O8S. The maximum Gasteiger partial charge on any atom is 0.336 e. The summed E-state index contributed by atoms with van der Waals surface area (Å²) in [7, 11) is -2.93. The Hall–Kier alpha value is -5.71. The van der Waals surface area contributed by atoms with E-state index < -0.39 is 73.6 Å². The maximum absolute atomic E-state index is 15.4. The first-order valence-electron chi connectivity index (χ1n) is 17.4. The molecule has 2 amide bonds. The summed E-state index contributed by atoms with van der Waals surface area (Å²) in [5, 5.41) is 5.07. The van der Waals surface area contributed by atoms with Gasteiger partial charge in [-0.2, -0.15) is 0 Å². The lowest BCUT2D eigenvalue weighted by Gasteiger charge is -2.22. The molecule has 3 N–H and O–H groups in total. The van der Waals surface area contributed by atoms with Crippen LogP contribution in [0.25, 0.3) is 5.82 Å². The average Bonchev–Trinajstić information content (AvgIpc) is 3.13. The first-order chi connectivity index (χ1) is 25.7. The predicted octanol–water partition coefficient (Wildman–Crippen LogP) is 4.77. The number of benzene rings is 2. The minimum atomic E-state index is -4.44. The summed E-state index contributed by atoms with van der Waals surface area (Å²) in [6, 6.07) is 7.79. The Bertz CT molecular complexity index is 2260. The summed E-state index contributed by atoms with van der Waals surface area (Å²) in [5.74, 6) is -4.73. The fourth-order valence-corrected chi connectivity index (χ4v) is 6.32. The molecule has 2 heterocycles. The van der Waals surface area contributed by atoms with Gasteiger partial charge in [0.15, 0.2) is 0 Å². The van der Waals surface area contributed by atoms with Gasteiger partial charge in [0.1, 0.15) is 29.6 Å². The molecule has 0 spiro atoms. The maximum atomic E-state index is 15.4. The number of hydrogen-bond donors (Lipinski definition) is 3. The van der Waals surface area contributed by atoms with Crippen LogP contribution in [-0.2, 0) is 37.8 Å². The lowest BCUT2D eigenvalue weighted by atomic mass is 9.95. The number of halogens is 2. The van der Waals surface area contributed by atoms with E-state index in [1.165, 1.54) is 54.3 Å². The summed E-state index contributed by atoms with van der Waals surface area (Å²) < 4.78 is 66.4. The number of nitrogens with zero attached hydrogens (tertiary/aromatic N) is 3. The molecule has 1 atom stereocenters. The number of carbonyl (C=O) groups excluding carboxylic acids is 3. The highest BCUT2D eigenvalue weighted by atomic mass is 32.2. The first kappa shape index (κ1) is 42.0. The second-order valence-electron chi connectivity index (χ2n) is 14.0. The number of carbonyl (C=O) groups is 3. The minimum absolute atomic E-state index is 0.0570. The second-order valence-corrected chi connectivity index (χ2v) is 15.6. The molecule has 0 bridgehead atoms. The van der Waals surface area contributed by atoms with Crippen LogP contribution in [0.2, 0.25) is 0 Å². The lowest BCUT2D eigenvalue weighted by Crippen LogP contribution is -2.43. The van der Waals surface area contributed by atoms with Gasteiger partial charge in [0, 0.05) is 42.2 Å². The zero-order chi connectivity index (χ0) is 40.8. The Morgan fingerprint density at radius 2 is 1.62 bits per heavy atom. The molecule has 17 heteroatoms. The van der Waals surface area contributed by atoms with Crippen LogP contribution >= 0.6 is 0 Å². The number of ether oxygens (including phenoxy) is 1. The number of amides is 2. The van der Waals surface area contributed by atoms with Crippen LogP contribution in [0.5, 0.6) is 0 Å². The van der Waals surface area contributed by atoms with E-state index >= 15 is 8.78 Å². The van der Waals surface area contributed by atoms with E-state index in [9.17, 15) is 32.4 Å². The van der Waals surface area contributed by atoms with Crippen LogP contribution in [0.4, 0.5) is 20.2 Å². The van der Waals surface area contributed by atoms with Crippen molar-refractivity contribution in [3.8, 4) is 5.82 Å². The number of anilines is 2. The van der Waals surface area contributed by atoms with Crippen molar-refractivity contribution in [2.75, 3.05) is 10.0 Å². The highest BCUT2D eigenvalue weighted by Gasteiger charge is 2.28. The Kier molecular flexibility index (Phi) is 13.1. The molecule has 0 aliphatic carbocycles. The summed E-state index contributed by atoms with van der Waals surface area (Å²) in [5.41, 5.74) is -2.16. The van der Waals surface area contributed by atoms with Gasteiger partial charge < -0.3 is 19.9 Å². The van der Waals surface area contributed by atoms with Crippen molar-refractivity contribution in [3.63, 3.8) is 0 Å². The Morgan fingerprint density at radius 1 is 0.964 bits per heavy atom. The average molecular weight is 783 g/mol. The van der Waals surface area contributed by atoms with Crippen molar-refractivity contribution in [1.82, 2.24) is 19.4 Å². The van der Waals surface area contributed by atoms with Crippen LogP contribution in [0.15, 0.2) is 75.4 Å². The van der Waals surface area contributed by atoms with Gasteiger partial charge in [-0.25, -0.2) is 36.3 Å². The summed E-state index contributed by atoms with van der Waals surface area (Å²) >= 11 is 0. The number of aromatic nitrogens is 3. The molecule has 0 radical (unpaired) electrons. The highest BCUT2D eigenvalue weighted by Crippen LogP contribution is 2.25. The van der Waals surface area contributed by atoms with Crippen LogP contribution in [0, 0.1) is 24.0 Å². The monoisotopic (exact) mass is 782 g/mol. The van der Waals surface area contributed by atoms with Crippen molar-refractivity contribution in [2.45, 2.75) is 84.3 Å². The molecule has 0 saturated carbocycles. The van der Waals surface area contributed by atoms with Crippen molar-refractivity contribution >= 4 is 39.2 Å². The van der Waals surface area contributed by atoms with Crippen molar-refractivity contribution in [3.05, 3.63) is 110 Å². The van der Waals surface area contributed by atoms with E-state index in [1.54, 1.807) is 33.8 Å². The van der Waals surface area contributed by atoms with E-state index in [1.807, 2.05) is 18.6 Å². The minimum Gasteiger partial charge on any atom is -0.461 e. The molecule has 55 heavy (non-hydrogen) atoms. The van der Waals surface area contributed by atoms with Gasteiger partial charge in [0.2, 0.25) is 5.91 Å². The summed E-state index contributed by atoms with van der Waals surface area (Å²) in [4.78, 5) is 68.0. The fraction of sp³-hybridized carbons (Fsp3) is 0.368. The standard InChI is InChI=1S/C38H44F2N6O8S/c1-8-25(9-2)54-35(49)30(16-10-23-11-17-32(41-20-23)46-34(48)22(3)21-45(7)37(46)51)43-33(47)27-18-29(40)31(19-28(27)39)44-55(52,53)26-14-12-24(13-15-26)42-36(50)38(4,5)6/h11-15,17-21,25,30,44H,8-10,16H2,1-7H3,(H,42,50)(H,43,47)/t30-/m0/s1. The van der Waals surface area contributed by atoms with Gasteiger partial charge in [-0.3, -0.25) is 19.1 Å². The topological polar surface area (TPSA) is 188 Å². The Morgan fingerprint density at radius 3 is 2.20 bits per heavy atom. The number of nitrogens with one attached hydrogen (secondary N) is 3. The highest BCUT2D eigenvalue weighted by molar-refractivity contribution is 7.92. The van der Waals surface area contributed by atoms with Gasteiger partial charge in [-0.1, -0.05) is 40.7 Å². The number of pyridine rings is 1. The molecule has 0 saturated heterocycles. The van der Waals surface area contributed by atoms with E-state index in [4.69, 9.17) is 4.74 Å². The molecule has 0 aliphatic heterocycles. The number of esters is 1. The predicted molar refractivity (Wildman–Crippen MR) is 202 cm³/mol. The third-order valence-corrected chi connectivity index (χ3v) is 9.99. The molecule has 0 unspecified atom stereocenters. The van der Waals surface area contributed by atoms with Crippen LogP contribution < -0.4 is 26.6 Å². The van der Waals surface area contributed by atoms with E-state index in [-0.39, 0.29) is 29.5 Å². The quantitative estimate of drug-likeness (QED) is 0.152. The molecule has 2 aromatic heterocycles. The molecule has 0 fully saturated rings. The van der Waals surface area contributed by atoms with E-state index in [2.05, 4.69) is 15.6 Å². The van der Waals surface area contributed by atoms with Gasteiger partial charge in [0.25, 0.3) is 21.5 Å². The van der Waals surface area contributed by atoms with E-state index in [0.717, 1.165) is 4.57 Å². The number of hydrogen-bond acceptors (Lipinski definition) is 9. The third kappa shape index (κ3) is 10.3. The van der Waals surface area contributed by atoms with Crippen LogP contribution in [0.1, 0.15) is 75.4 Å². The second kappa shape index (κ2) is 17.2. The zero-order valence-corrected chi connectivity index (χ0v) is 32.3. The van der Waals surface area contributed by atoms with Gasteiger partial charge in [-0.05, 0) is 74.6 Å². The fourth-order valence-electron chi connectivity index (χ4n) is 5.26. The Balaban J connectivity index is 1.51.